The largest absolute Gasteiger partial charge is 0.397 e. The number of nitrogens with two attached hydrogens (primary N) is 1. The topological polar surface area (TPSA) is 68.0 Å². The molecule has 0 atom stereocenters. The van der Waals surface area contributed by atoms with E-state index in [2.05, 4.69) is 10.3 Å². The van der Waals surface area contributed by atoms with E-state index in [0.717, 1.165) is 11.1 Å². The van der Waals surface area contributed by atoms with E-state index in [1.165, 1.54) is 6.20 Å². The minimum Gasteiger partial charge on any atom is -0.397 e. The maximum atomic E-state index is 12.1. The van der Waals surface area contributed by atoms with Gasteiger partial charge in [-0.3, -0.25) is 4.79 Å². The Hall–Kier alpha value is -2.07. The molecule has 0 bridgehead atoms. The number of aryl methyl sites for hydroxylation is 2. The Labute approximate surface area is 116 Å². The van der Waals surface area contributed by atoms with Crippen LogP contribution in [0.15, 0.2) is 30.5 Å². The lowest BCUT2D eigenvalue weighted by Gasteiger charge is -2.08. The fourth-order valence-electron chi connectivity index (χ4n) is 1.64. The second-order valence-corrected chi connectivity index (χ2v) is 4.76. The van der Waals surface area contributed by atoms with Crippen molar-refractivity contribution in [2.45, 2.75) is 13.8 Å². The third kappa shape index (κ3) is 3.03. The highest BCUT2D eigenvalue weighted by Gasteiger charge is 2.10. The number of halogens is 1. The van der Waals surface area contributed by atoms with Crippen LogP contribution < -0.4 is 11.1 Å². The van der Waals surface area contributed by atoms with Crippen LogP contribution >= 0.6 is 11.6 Å². The van der Waals surface area contributed by atoms with Crippen molar-refractivity contribution < 1.29 is 4.79 Å². The zero-order valence-electron chi connectivity index (χ0n) is 10.7. The van der Waals surface area contributed by atoms with Crippen LogP contribution in [0.2, 0.25) is 5.02 Å². The molecule has 98 valence electrons. The Morgan fingerprint density at radius 1 is 1.26 bits per heavy atom. The lowest BCUT2D eigenvalue weighted by Crippen LogP contribution is -2.14. The molecule has 0 saturated carbocycles. The molecular formula is C14H14ClN3O. The normalized spacial score (nSPS) is 10.3. The van der Waals surface area contributed by atoms with Crippen molar-refractivity contribution in [1.29, 1.82) is 0 Å². The zero-order valence-corrected chi connectivity index (χ0v) is 11.5. The van der Waals surface area contributed by atoms with Gasteiger partial charge in [0, 0.05) is 10.6 Å². The molecule has 4 nitrogen and oxygen atoms in total. The number of anilines is 2. The molecule has 1 heterocycles. The molecule has 0 saturated heterocycles. The standard InChI is InChI=1S/C14H14ClN3O/c1-8-3-4-10(6-12(8)15)14(19)18-13-9(2)5-11(16)7-17-13/h3-7H,16H2,1-2H3,(H,17,18,19). The number of carbonyl (C=O) groups excluding carboxylic acids is 1. The molecule has 0 radical (unpaired) electrons. The number of aromatic nitrogens is 1. The van der Waals surface area contributed by atoms with E-state index >= 15 is 0 Å². The second-order valence-electron chi connectivity index (χ2n) is 4.35. The van der Waals surface area contributed by atoms with Gasteiger partial charge in [-0.2, -0.15) is 0 Å². The van der Waals surface area contributed by atoms with Crippen LogP contribution in [-0.2, 0) is 0 Å². The summed E-state index contributed by atoms with van der Waals surface area (Å²) in [5.74, 6) is 0.248. The molecule has 5 heteroatoms. The van der Waals surface area contributed by atoms with Crippen LogP contribution in [0.3, 0.4) is 0 Å². The molecule has 0 aliphatic carbocycles. The highest BCUT2D eigenvalue weighted by atomic mass is 35.5. The molecular weight excluding hydrogens is 262 g/mol. The van der Waals surface area contributed by atoms with Gasteiger partial charge in [0.05, 0.1) is 11.9 Å². The van der Waals surface area contributed by atoms with Crippen molar-refractivity contribution in [3.63, 3.8) is 0 Å². The summed E-state index contributed by atoms with van der Waals surface area (Å²) in [6, 6.07) is 6.92. The lowest BCUT2D eigenvalue weighted by molar-refractivity contribution is 0.102. The van der Waals surface area contributed by atoms with Gasteiger partial charge in [0.1, 0.15) is 5.82 Å². The number of carbonyl (C=O) groups is 1. The summed E-state index contributed by atoms with van der Waals surface area (Å²) in [6.07, 6.45) is 1.50. The molecule has 19 heavy (non-hydrogen) atoms. The first-order valence-electron chi connectivity index (χ1n) is 5.77. The summed E-state index contributed by atoms with van der Waals surface area (Å²) >= 11 is 6.00. The minimum atomic E-state index is -0.248. The quantitative estimate of drug-likeness (QED) is 0.884. The number of pyridine rings is 1. The summed E-state index contributed by atoms with van der Waals surface area (Å²) in [7, 11) is 0. The number of nitrogen functional groups attached to an aromatic ring is 1. The minimum absolute atomic E-state index is 0.248. The summed E-state index contributed by atoms with van der Waals surface area (Å²) in [5, 5.41) is 3.30. The van der Waals surface area contributed by atoms with Crippen LogP contribution in [-0.4, -0.2) is 10.9 Å². The van der Waals surface area contributed by atoms with Crippen LogP contribution in [0.25, 0.3) is 0 Å². The van der Waals surface area contributed by atoms with Gasteiger partial charge in [-0.25, -0.2) is 4.98 Å². The van der Waals surface area contributed by atoms with E-state index < -0.39 is 0 Å². The molecule has 0 spiro atoms. The predicted octanol–water partition coefficient (Wildman–Crippen LogP) is 3.19. The van der Waals surface area contributed by atoms with Crippen molar-refractivity contribution in [1.82, 2.24) is 4.98 Å². The fraction of sp³-hybridized carbons (Fsp3) is 0.143. The number of hydrogen-bond donors (Lipinski definition) is 2. The van der Waals surface area contributed by atoms with Gasteiger partial charge in [-0.05, 0) is 43.2 Å². The first-order chi connectivity index (χ1) is 8.97. The van der Waals surface area contributed by atoms with Gasteiger partial charge in [0.25, 0.3) is 5.91 Å². The van der Waals surface area contributed by atoms with Gasteiger partial charge < -0.3 is 11.1 Å². The van der Waals surface area contributed by atoms with Crippen LogP contribution in [0.1, 0.15) is 21.5 Å². The van der Waals surface area contributed by atoms with Crippen molar-refractivity contribution in [2.24, 2.45) is 0 Å². The summed E-state index contributed by atoms with van der Waals surface area (Å²) in [5.41, 5.74) is 8.41. The van der Waals surface area contributed by atoms with E-state index in [9.17, 15) is 4.79 Å². The van der Waals surface area contributed by atoms with Gasteiger partial charge in [-0.15, -0.1) is 0 Å². The van der Waals surface area contributed by atoms with Crippen molar-refractivity contribution in [3.8, 4) is 0 Å². The monoisotopic (exact) mass is 275 g/mol. The first kappa shape index (κ1) is 13.4. The van der Waals surface area contributed by atoms with Crippen LogP contribution in [0.4, 0.5) is 11.5 Å². The Morgan fingerprint density at radius 3 is 2.63 bits per heavy atom. The molecule has 1 amide bonds. The molecule has 1 aromatic carbocycles. The molecule has 2 rings (SSSR count). The summed E-state index contributed by atoms with van der Waals surface area (Å²) in [6.45, 7) is 3.72. The number of nitrogens with one attached hydrogen (secondary N) is 1. The zero-order chi connectivity index (χ0) is 14.0. The number of hydrogen-bond acceptors (Lipinski definition) is 3. The molecule has 0 unspecified atom stereocenters. The molecule has 1 aromatic heterocycles. The fourth-order valence-corrected chi connectivity index (χ4v) is 1.82. The number of amides is 1. The van der Waals surface area contributed by atoms with E-state index in [1.54, 1.807) is 24.3 Å². The van der Waals surface area contributed by atoms with Gasteiger partial charge in [-0.1, -0.05) is 17.7 Å². The summed E-state index contributed by atoms with van der Waals surface area (Å²) < 4.78 is 0. The maximum absolute atomic E-state index is 12.1. The van der Waals surface area contributed by atoms with Crippen LogP contribution in [0.5, 0.6) is 0 Å². The Bertz CT molecular complexity index is 641. The first-order valence-corrected chi connectivity index (χ1v) is 6.15. The van der Waals surface area contributed by atoms with Crippen molar-refractivity contribution in [2.75, 3.05) is 11.1 Å². The third-order valence-corrected chi connectivity index (χ3v) is 3.17. The van der Waals surface area contributed by atoms with E-state index in [1.807, 2.05) is 13.8 Å². The molecule has 3 N–H and O–H groups in total. The molecule has 2 aromatic rings. The molecule has 0 aliphatic heterocycles. The van der Waals surface area contributed by atoms with E-state index in [4.69, 9.17) is 17.3 Å². The molecule has 0 aliphatic rings. The van der Waals surface area contributed by atoms with Gasteiger partial charge in [0.15, 0.2) is 0 Å². The van der Waals surface area contributed by atoms with E-state index in [0.29, 0.717) is 22.1 Å². The Morgan fingerprint density at radius 2 is 2.00 bits per heavy atom. The van der Waals surface area contributed by atoms with Gasteiger partial charge >= 0.3 is 0 Å². The average molecular weight is 276 g/mol. The lowest BCUT2D eigenvalue weighted by atomic mass is 10.1. The number of nitrogens with zero attached hydrogens (tertiary/aromatic N) is 1. The van der Waals surface area contributed by atoms with Gasteiger partial charge in [0.2, 0.25) is 0 Å². The number of rotatable bonds is 2. The Balaban J connectivity index is 2.23. The number of benzene rings is 1. The second kappa shape index (κ2) is 5.28. The smallest absolute Gasteiger partial charge is 0.256 e. The van der Waals surface area contributed by atoms with Crippen LogP contribution in [0, 0.1) is 13.8 Å². The predicted molar refractivity (Wildman–Crippen MR) is 77.5 cm³/mol. The Kier molecular flexibility index (Phi) is 3.71. The average Bonchev–Trinajstić information content (AvgIpc) is 2.36. The van der Waals surface area contributed by atoms with Crippen molar-refractivity contribution >= 4 is 29.0 Å². The third-order valence-electron chi connectivity index (χ3n) is 2.77. The maximum Gasteiger partial charge on any atom is 0.256 e. The highest BCUT2D eigenvalue weighted by Crippen LogP contribution is 2.19. The summed E-state index contributed by atoms with van der Waals surface area (Å²) in [4.78, 5) is 16.2. The SMILES string of the molecule is Cc1ccc(C(=O)Nc2ncc(N)cc2C)cc1Cl. The highest BCUT2D eigenvalue weighted by molar-refractivity contribution is 6.31. The van der Waals surface area contributed by atoms with Crippen molar-refractivity contribution in [3.05, 3.63) is 52.2 Å². The van der Waals surface area contributed by atoms with E-state index in [-0.39, 0.29) is 5.91 Å². The molecule has 0 fully saturated rings.